The number of hydrogen-bond donors (Lipinski definition) is 1. The molecular weight excluding hydrogens is 815 g/mol. The Morgan fingerprint density at radius 3 is 2.49 bits per heavy atom. The molecule has 1 spiro atoms. The van der Waals surface area contributed by atoms with Crippen molar-refractivity contribution >= 4 is 40.0 Å². The van der Waals surface area contributed by atoms with Gasteiger partial charge >= 0.3 is 5.69 Å². The molecule has 0 bridgehead atoms. The van der Waals surface area contributed by atoms with Gasteiger partial charge in [-0.25, -0.2) is 27.8 Å². The number of para-hydroxylation sites is 1. The van der Waals surface area contributed by atoms with Crippen molar-refractivity contribution in [3.8, 4) is 16.9 Å². The predicted molar refractivity (Wildman–Crippen MR) is 227 cm³/mol. The number of carbonyl (C=O) groups excluding carboxylic acids is 2. The number of hydrogen-bond acceptors (Lipinski definition) is 12. The van der Waals surface area contributed by atoms with Crippen LogP contribution in [-0.2, 0) is 21.4 Å². The predicted octanol–water partition coefficient (Wildman–Crippen LogP) is 3.91. The molecule has 1 N–H and O–H groups in total. The number of piperidine rings is 2. The molecule has 63 heavy (non-hydrogen) atoms. The van der Waals surface area contributed by atoms with Gasteiger partial charge in [0.05, 0.1) is 60.1 Å². The number of rotatable bonds is 9. The van der Waals surface area contributed by atoms with Crippen LogP contribution in [0.3, 0.4) is 0 Å². The smallest absolute Gasteiger partial charge is 0.329 e. The van der Waals surface area contributed by atoms with Crippen molar-refractivity contribution in [2.45, 2.75) is 69.9 Å². The monoisotopic (exact) mass is 864 g/mol. The molecule has 1 saturated carbocycles. The minimum atomic E-state index is -2.78. The van der Waals surface area contributed by atoms with Crippen LogP contribution in [0.1, 0.15) is 75.6 Å². The van der Waals surface area contributed by atoms with Crippen LogP contribution < -0.4 is 20.8 Å². The molecule has 330 valence electrons. The molecule has 1 aliphatic carbocycles. The number of carbonyl (C=O) groups is 2. The fourth-order valence-corrected chi connectivity index (χ4v) is 10.7. The fourth-order valence-electron chi connectivity index (χ4n) is 10.7. The number of ether oxygens (including phenoxy) is 1. The molecule has 1 unspecified atom stereocenters. The van der Waals surface area contributed by atoms with Gasteiger partial charge in [0.2, 0.25) is 11.8 Å². The Hall–Kier alpha value is -6.02. The van der Waals surface area contributed by atoms with Crippen LogP contribution in [0.15, 0.2) is 53.8 Å². The zero-order valence-electron chi connectivity index (χ0n) is 35.2. The summed E-state index contributed by atoms with van der Waals surface area (Å²) in [6.45, 7) is 7.68. The summed E-state index contributed by atoms with van der Waals surface area (Å²) in [5.74, 6) is 0.610. The molecule has 5 fully saturated rings. The lowest BCUT2D eigenvalue weighted by Crippen LogP contribution is -2.60. The van der Waals surface area contributed by atoms with Gasteiger partial charge in [-0.3, -0.25) is 28.7 Å². The molecule has 11 rings (SSSR count). The summed E-state index contributed by atoms with van der Waals surface area (Å²) in [7, 11) is 1.75. The molecule has 9 heterocycles. The largest absolute Gasteiger partial charge is 0.378 e. The Morgan fingerprint density at radius 1 is 0.937 bits per heavy atom. The second kappa shape index (κ2) is 15.7. The molecule has 4 aliphatic heterocycles. The average molecular weight is 865 g/mol. The van der Waals surface area contributed by atoms with E-state index in [2.05, 4.69) is 46.6 Å². The molecule has 18 nitrogen and oxygen atoms in total. The van der Waals surface area contributed by atoms with Crippen molar-refractivity contribution in [2.24, 2.45) is 18.4 Å². The van der Waals surface area contributed by atoms with Gasteiger partial charge in [0, 0.05) is 57.8 Å². The van der Waals surface area contributed by atoms with E-state index < -0.39 is 18.4 Å². The number of aryl methyl sites for hydroxylation is 1. The van der Waals surface area contributed by atoms with E-state index in [1.54, 1.807) is 44.0 Å². The summed E-state index contributed by atoms with van der Waals surface area (Å²) in [5.41, 5.74) is 4.13. The number of fused-ring (bicyclic) bond motifs is 2. The van der Waals surface area contributed by atoms with Crippen molar-refractivity contribution < 1.29 is 23.1 Å². The summed E-state index contributed by atoms with van der Waals surface area (Å²) >= 11 is 0. The van der Waals surface area contributed by atoms with Crippen molar-refractivity contribution in [1.82, 2.24) is 58.7 Å². The van der Waals surface area contributed by atoms with E-state index in [1.165, 1.54) is 4.68 Å². The van der Waals surface area contributed by atoms with Gasteiger partial charge in [-0.1, -0.05) is 11.3 Å². The van der Waals surface area contributed by atoms with Crippen LogP contribution >= 0.6 is 0 Å². The lowest BCUT2D eigenvalue weighted by molar-refractivity contribution is -0.135. The Balaban J connectivity index is 0.703. The second-order valence-corrected chi connectivity index (χ2v) is 18.1. The van der Waals surface area contributed by atoms with Crippen molar-refractivity contribution in [2.75, 3.05) is 68.8 Å². The highest BCUT2D eigenvalue weighted by Crippen LogP contribution is 2.45. The van der Waals surface area contributed by atoms with Crippen LogP contribution in [0.5, 0.6) is 0 Å². The molecule has 5 aliphatic rings. The van der Waals surface area contributed by atoms with Crippen LogP contribution in [0.25, 0.3) is 33.6 Å². The maximum absolute atomic E-state index is 14.5. The molecule has 5 aromatic heterocycles. The Bertz CT molecular complexity index is 2760. The molecule has 0 radical (unpaired) electrons. The van der Waals surface area contributed by atoms with Crippen LogP contribution in [0, 0.1) is 11.3 Å². The standard InChI is InChI=1S/C43H50F2N14O4/c1-52-38-31(3-2-4-32(38)59(42(52)62)33-9-10-36(60)48-41(33)61)55-25-43(26-55)12-15-53(16-13-43)22-27-5-7-28(8-6-27)57-24-34(37(50-57)39(44)45)58-23-30(49-51-58)29-21-46-56-14-11-35(47-40(29)56)54-17-19-63-20-18-54/h2-4,11,14,21,23-24,27-28,33,39H,5-10,12-13,15-20,22,25-26H2,1H3,(H,48,60,61). The van der Waals surface area contributed by atoms with Crippen LogP contribution in [-0.4, -0.2) is 124 Å². The number of anilines is 2. The minimum Gasteiger partial charge on any atom is -0.378 e. The first kappa shape index (κ1) is 39.8. The number of halogens is 2. The molecule has 1 atom stereocenters. The minimum absolute atomic E-state index is 0.0216. The van der Waals surface area contributed by atoms with E-state index in [9.17, 15) is 23.2 Å². The number of imide groups is 1. The highest BCUT2D eigenvalue weighted by molar-refractivity contribution is 6.00. The Morgan fingerprint density at radius 2 is 1.73 bits per heavy atom. The second-order valence-electron chi connectivity index (χ2n) is 18.1. The van der Waals surface area contributed by atoms with Crippen molar-refractivity contribution in [3.05, 3.63) is 65.2 Å². The van der Waals surface area contributed by atoms with Crippen LogP contribution in [0.4, 0.5) is 20.3 Å². The topological polar surface area (TPSA) is 171 Å². The zero-order valence-corrected chi connectivity index (χ0v) is 35.2. The summed E-state index contributed by atoms with van der Waals surface area (Å²) in [5, 5.41) is 19.9. The molecule has 4 saturated heterocycles. The summed E-state index contributed by atoms with van der Waals surface area (Å²) < 4.78 is 42.4. The number of amides is 2. The number of aromatic nitrogens is 10. The molecule has 20 heteroatoms. The maximum Gasteiger partial charge on any atom is 0.329 e. The number of nitrogens with one attached hydrogen (secondary N) is 1. The van der Waals surface area contributed by atoms with Gasteiger partial charge in [-0.2, -0.15) is 10.2 Å². The third kappa shape index (κ3) is 7.06. The maximum atomic E-state index is 14.5. The summed E-state index contributed by atoms with van der Waals surface area (Å²) in [6.07, 6.45) is 10.5. The number of imidazole rings is 1. The fraction of sp³-hybridized carbons (Fsp3) is 0.535. The number of likely N-dealkylation sites (tertiary alicyclic amines) is 1. The zero-order chi connectivity index (χ0) is 43.0. The first-order chi connectivity index (χ1) is 30.6. The van der Waals surface area contributed by atoms with E-state index in [0.717, 1.165) is 101 Å². The van der Waals surface area contributed by atoms with Gasteiger partial charge in [0.1, 0.15) is 23.2 Å². The highest BCUT2D eigenvalue weighted by Gasteiger charge is 2.46. The lowest BCUT2D eigenvalue weighted by Gasteiger charge is -2.55. The molecule has 6 aromatic rings. The van der Waals surface area contributed by atoms with E-state index in [1.807, 2.05) is 24.4 Å². The highest BCUT2D eigenvalue weighted by atomic mass is 19.3. The normalized spacial score (nSPS) is 23.3. The molecule has 2 amide bonds. The number of morpholine rings is 1. The van der Waals surface area contributed by atoms with Gasteiger partial charge in [-0.15, -0.1) is 5.10 Å². The van der Waals surface area contributed by atoms with Gasteiger partial charge < -0.3 is 19.4 Å². The van der Waals surface area contributed by atoms with Crippen molar-refractivity contribution in [3.63, 3.8) is 0 Å². The van der Waals surface area contributed by atoms with E-state index in [0.29, 0.717) is 48.0 Å². The summed E-state index contributed by atoms with van der Waals surface area (Å²) in [6, 6.07) is 7.12. The Labute approximate surface area is 360 Å². The average Bonchev–Trinajstić information content (AvgIpc) is 4.09. The first-order valence-electron chi connectivity index (χ1n) is 22.1. The first-order valence-corrected chi connectivity index (χ1v) is 22.1. The molecular formula is C43H50F2N14O4. The quantitative estimate of drug-likeness (QED) is 0.208. The number of nitrogens with zero attached hydrogens (tertiary/aromatic N) is 13. The third-order valence-electron chi connectivity index (χ3n) is 14.3. The number of benzene rings is 1. The van der Waals surface area contributed by atoms with Crippen molar-refractivity contribution in [1.29, 1.82) is 0 Å². The van der Waals surface area contributed by atoms with Gasteiger partial charge in [-0.05, 0) is 82.2 Å². The number of alkyl halides is 2. The van der Waals surface area contributed by atoms with Crippen LogP contribution in [0.2, 0.25) is 0 Å². The van der Waals surface area contributed by atoms with E-state index in [4.69, 9.17) is 9.72 Å². The molecule has 1 aromatic carbocycles. The van der Waals surface area contributed by atoms with E-state index >= 15 is 0 Å². The van der Waals surface area contributed by atoms with E-state index in [-0.39, 0.29) is 40.9 Å². The summed E-state index contributed by atoms with van der Waals surface area (Å²) in [4.78, 5) is 50.0. The third-order valence-corrected chi connectivity index (χ3v) is 14.3. The SMILES string of the molecule is Cn1c(=O)n(C2CCC(=O)NC2=O)c2cccc(N3CC4(CCN(CC5CCC(n6cc(-n7cc(-c8cnn9ccc(N%10CCOCC%10)nc89)nn7)c(C(F)F)n6)CC5)CC4)C3)c21. The Kier molecular flexibility index (Phi) is 9.89. The lowest BCUT2D eigenvalue weighted by atomic mass is 9.71. The van der Waals surface area contributed by atoms with Gasteiger partial charge in [0.25, 0.3) is 6.43 Å². The van der Waals surface area contributed by atoms with Gasteiger partial charge in [0.15, 0.2) is 11.3 Å².